The summed E-state index contributed by atoms with van der Waals surface area (Å²) in [7, 11) is -3.55. The van der Waals surface area contributed by atoms with Gasteiger partial charge in [-0.2, -0.15) is 0 Å². The number of hydrogen-bond acceptors (Lipinski definition) is 2. The second-order valence-electron chi connectivity index (χ2n) is 5.63. The average Bonchev–Trinajstić information content (AvgIpc) is 2.41. The van der Waals surface area contributed by atoms with Crippen LogP contribution in [0, 0.1) is 13.8 Å². The maximum atomic E-state index is 12.4. The Morgan fingerprint density at radius 1 is 0.952 bits per heavy atom. The third kappa shape index (κ3) is 3.64. The van der Waals surface area contributed by atoms with Gasteiger partial charge in [-0.15, -0.1) is 0 Å². The van der Waals surface area contributed by atoms with Gasteiger partial charge in [0.2, 0.25) is 0 Å². The van der Waals surface area contributed by atoms with Crippen LogP contribution in [0.25, 0.3) is 0 Å². The minimum Gasteiger partial charge on any atom is -0.280 e. The molecule has 1 N–H and O–H groups in total. The number of rotatable bonds is 4. The molecule has 0 aliphatic heterocycles. The van der Waals surface area contributed by atoms with E-state index in [0.717, 1.165) is 16.7 Å². The molecule has 0 saturated carbocycles. The van der Waals surface area contributed by atoms with Gasteiger partial charge in [-0.1, -0.05) is 32.0 Å². The molecule has 0 unspecified atom stereocenters. The first-order chi connectivity index (χ1) is 9.79. The molecule has 0 saturated heterocycles. The van der Waals surface area contributed by atoms with Gasteiger partial charge >= 0.3 is 0 Å². The summed E-state index contributed by atoms with van der Waals surface area (Å²) in [4.78, 5) is 0.292. The van der Waals surface area contributed by atoms with Gasteiger partial charge in [0.25, 0.3) is 10.0 Å². The molecule has 0 aromatic heterocycles. The van der Waals surface area contributed by atoms with Crippen LogP contribution in [0.1, 0.15) is 36.5 Å². The Labute approximate surface area is 127 Å². The van der Waals surface area contributed by atoms with Gasteiger partial charge in [0, 0.05) is 5.69 Å². The van der Waals surface area contributed by atoms with E-state index in [1.165, 1.54) is 0 Å². The molecular weight excluding hydrogens is 282 g/mol. The quantitative estimate of drug-likeness (QED) is 0.919. The Bertz CT molecular complexity index is 749. The fourth-order valence-corrected chi connectivity index (χ4v) is 3.19. The fourth-order valence-electron chi connectivity index (χ4n) is 2.06. The van der Waals surface area contributed by atoms with Crippen molar-refractivity contribution in [1.29, 1.82) is 0 Å². The SMILES string of the molecule is Cc1ccc(S(=O)(=O)Nc2cccc(C(C)C)c2)cc1C. The van der Waals surface area contributed by atoms with Crippen molar-refractivity contribution in [3.8, 4) is 0 Å². The lowest BCUT2D eigenvalue weighted by atomic mass is 10.0. The van der Waals surface area contributed by atoms with E-state index in [1.54, 1.807) is 18.2 Å². The van der Waals surface area contributed by atoms with E-state index in [-0.39, 0.29) is 0 Å². The van der Waals surface area contributed by atoms with E-state index in [0.29, 0.717) is 16.5 Å². The highest BCUT2D eigenvalue weighted by Crippen LogP contribution is 2.22. The van der Waals surface area contributed by atoms with Crippen LogP contribution >= 0.6 is 0 Å². The highest BCUT2D eigenvalue weighted by atomic mass is 32.2. The fraction of sp³-hybridized carbons (Fsp3) is 0.294. The third-order valence-corrected chi connectivity index (χ3v) is 4.97. The highest BCUT2D eigenvalue weighted by Gasteiger charge is 2.15. The van der Waals surface area contributed by atoms with Crippen molar-refractivity contribution in [1.82, 2.24) is 0 Å². The van der Waals surface area contributed by atoms with E-state index in [1.807, 2.05) is 38.1 Å². The number of sulfonamides is 1. The lowest BCUT2D eigenvalue weighted by molar-refractivity contribution is 0.601. The molecule has 0 aliphatic carbocycles. The lowest BCUT2D eigenvalue weighted by Crippen LogP contribution is -2.13. The Kier molecular flexibility index (Phi) is 4.37. The smallest absolute Gasteiger partial charge is 0.261 e. The van der Waals surface area contributed by atoms with Crippen molar-refractivity contribution in [2.24, 2.45) is 0 Å². The van der Waals surface area contributed by atoms with Gasteiger partial charge in [0.05, 0.1) is 4.90 Å². The van der Waals surface area contributed by atoms with Crippen LogP contribution in [0.3, 0.4) is 0 Å². The van der Waals surface area contributed by atoms with Gasteiger partial charge in [0.1, 0.15) is 0 Å². The number of aryl methyl sites for hydroxylation is 2. The van der Waals surface area contributed by atoms with E-state index in [9.17, 15) is 8.42 Å². The molecule has 0 amide bonds. The monoisotopic (exact) mass is 303 g/mol. The first-order valence-corrected chi connectivity index (χ1v) is 8.48. The van der Waals surface area contributed by atoms with Gasteiger partial charge < -0.3 is 0 Å². The topological polar surface area (TPSA) is 46.2 Å². The summed E-state index contributed by atoms with van der Waals surface area (Å²) in [5.41, 5.74) is 3.75. The third-order valence-electron chi connectivity index (χ3n) is 3.59. The van der Waals surface area contributed by atoms with Gasteiger partial charge in [-0.25, -0.2) is 8.42 Å². The van der Waals surface area contributed by atoms with Crippen molar-refractivity contribution in [3.05, 3.63) is 59.2 Å². The predicted octanol–water partition coefficient (Wildman–Crippen LogP) is 4.23. The Morgan fingerprint density at radius 3 is 2.29 bits per heavy atom. The molecule has 0 radical (unpaired) electrons. The molecule has 0 atom stereocenters. The summed E-state index contributed by atoms with van der Waals surface area (Å²) >= 11 is 0. The number of benzene rings is 2. The van der Waals surface area contributed by atoms with Gasteiger partial charge in [0.15, 0.2) is 0 Å². The Balaban J connectivity index is 2.33. The summed E-state index contributed by atoms with van der Waals surface area (Å²) in [5, 5.41) is 0. The molecule has 0 aliphatic rings. The molecule has 2 aromatic carbocycles. The second-order valence-corrected chi connectivity index (χ2v) is 7.31. The molecule has 0 heterocycles. The molecule has 4 heteroatoms. The number of anilines is 1. The van der Waals surface area contributed by atoms with E-state index in [2.05, 4.69) is 18.6 Å². The lowest BCUT2D eigenvalue weighted by Gasteiger charge is -2.12. The van der Waals surface area contributed by atoms with Crippen molar-refractivity contribution in [2.75, 3.05) is 4.72 Å². The molecule has 21 heavy (non-hydrogen) atoms. The largest absolute Gasteiger partial charge is 0.280 e. The summed E-state index contributed by atoms with van der Waals surface area (Å²) in [5.74, 6) is 0.357. The van der Waals surface area contributed by atoms with Gasteiger partial charge in [-0.3, -0.25) is 4.72 Å². The van der Waals surface area contributed by atoms with Crippen molar-refractivity contribution in [2.45, 2.75) is 38.5 Å². The minimum atomic E-state index is -3.55. The Morgan fingerprint density at radius 2 is 1.67 bits per heavy atom. The highest BCUT2D eigenvalue weighted by molar-refractivity contribution is 7.92. The van der Waals surface area contributed by atoms with Crippen molar-refractivity contribution >= 4 is 15.7 Å². The van der Waals surface area contributed by atoms with E-state index < -0.39 is 10.0 Å². The maximum Gasteiger partial charge on any atom is 0.261 e. The summed E-state index contributed by atoms with van der Waals surface area (Å²) in [6, 6.07) is 12.7. The molecule has 0 spiro atoms. The first-order valence-electron chi connectivity index (χ1n) is 6.99. The van der Waals surface area contributed by atoms with E-state index >= 15 is 0 Å². The molecule has 3 nitrogen and oxygen atoms in total. The molecule has 112 valence electrons. The zero-order valence-corrected chi connectivity index (χ0v) is 13.7. The zero-order valence-electron chi connectivity index (χ0n) is 12.8. The summed E-state index contributed by atoms with van der Waals surface area (Å²) < 4.78 is 27.5. The molecule has 2 aromatic rings. The summed E-state index contributed by atoms with van der Waals surface area (Å²) in [6.07, 6.45) is 0. The van der Waals surface area contributed by atoms with E-state index in [4.69, 9.17) is 0 Å². The van der Waals surface area contributed by atoms with Crippen LogP contribution in [-0.2, 0) is 10.0 Å². The molecule has 0 bridgehead atoms. The van der Waals surface area contributed by atoms with Crippen LogP contribution in [0.2, 0.25) is 0 Å². The molecule has 2 rings (SSSR count). The van der Waals surface area contributed by atoms with Crippen LogP contribution in [0.15, 0.2) is 47.4 Å². The van der Waals surface area contributed by atoms with Gasteiger partial charge in [-0.05, 0) is 60.7 Å². The molecule has 0 fully saturated rings. The van der Waals surface area contributed by atoms with Crippen molar-refractivity contribution in [3.63, 3.8) is 0 Å². The normalized spacial score (nSPS) is 11.7. The number of nitrogens with one attached hydrogen (secondary N) is 1. The van der Waals surface area contributed by atoms with Crippen LogP contribution in [-0.4, -0.2) is 8.42 Å². The second kappa shape index (κ2) is 5.90. The van der Waals surface area contributed by atoms with Crippen LogP contribution in [0.4, 0.5) is 5.69 Å². The van der Waals surface area contributed by atoms with Crippen LogP contribution in [0.5, 0.6) is 0 Å². The first kappa shape index (κ1) is 15.6. The van der Waals surface area contributed by atoms with Crippen molar-refractivity contribution < 1.29 is 8.42 Å². The standard InChI is InChI=1S/C17H21NO2S/c1-12(2)15-6-5-7-16(11-15)18-21(19,20)17-9-8-13(3)14(4)10-17/h5-12,18H,1-4H3. The zero-order chi connectivity index (χ0) is 15.6. The average molecular weight is 303 g/mol. The molecular formula is C17H21NO2S. The Hall–Kier alpha value is -1.81. The number of hydrogen-bond donors (Lipinski definition) is 1. The predicted molar refractivity (Wildman–Crippen MR) is 87.3 cm³/mol. The summed E-state index contributed by atoms with van der Waals surface area (Å²) in [6.45, 7) is 8.03. The minimum absolute atomic E-state index is 0.292. The maximum absolute atomic E-state index is 12.4. The van der Waals surface area contributed by atoms with Crippen LogP contribution < -0.4 is 4.72 Å².